The molecule has 0 spiro atoms. The fourth-order valence-electron chi connectivity index (χ4n) is 2.72. The summed E-state index contributed by atoms with van der Waals surface area (Å²) in [6.07, 6.45) is 4.21. The van der Waals surface area contributed by atoms with E-state index in [1.807, 2.05) is 24.0 Å². The Morgan fingerprint density at radius 3 is 2.86 bits per heavy atom. The molecule has 1 aliphatic heterocycles. The zero-order chi connectivity index (χ0) is 15.2. The van der Waals surface area contributed by atoms with Gasteiger partial charge in [0.1, 0.15) is 0 Å². The summed E-state index contributed by atoms with van der Waals surface area (Å²) >= 11 is 1.64. The van der Waals surface area contributed by atoms with Crippen molar-refractivity contribution < 1.29 is 9.59 Å². The second kappa shape index (κ2) is 7.59. The van der Waals surface area contributed by atoms with Crippen LogP contribution in [0.3, 0.4) is 0 Å². The molecule has 21 heavy (non-hydrogen) atoms. The molecule has 0 saturated carbocycles. The Morgan fingerprint density at radius 2 is 2.19 bits per heavy atom. The van der Waals surface area contributed by atoms with Gasteiger partial charge in [0.25, 0.3) is 0 Å². The molecule has 1 atom stereocenters. The summed E-state index contributed by atoms with van der Waals surface area (Å²) < 4.78 is 0. The lowest BCUT2D eigenvalue weighted by molar-refractivity contribution is -0.134. The lowest BCUT2D eigenvalue weighted by Gasteiger charge is -2.33. The van der Waals surface area contributed by atoms with E-state index in [0.29, 0.717) is 25.4 Å². The summed E-state index contributed by atoms with van der Waals surface area (Å²) in [6, 6.07) is 4.35. The zero-order valence-corrected chi connectivity index (χ0v) is 13.7. The molecule has 2 amide bonds. The molecule has 116 valence electrons. The van der Waals surface area contributed by atoms with Crippen molar-refractivity contribution in [1.29, 1.82) is 0 Å². The molecule has 1 fully saturated rings. The van der Waals surface area contributed by atoms with Crippen LogP contribution >= 0.6 is 11.3 Å². The van der Waals surface area contributed by atoms with Crippen LogP contribution in [0.15, 0.2) is 12.1 Å². The van der Waals surface area contributed by atoms with Crippen molar-refractivity contribution >= 4 is 23.2 Å². The lowest BCUT2D eigenvalue weighted by Crippen LogP contribution is -2.43. The summed E-state index contributed by atoms with van der Waals surface area (Å²) in [4.78, 5) is 28.2. The number of piperidine rings is 1. The first kappa shape index (κ1) is 16.0. The number of amides is 2. The van der Waals surface area contributed by atoms with Gasteiger partial charge in [0, 0.05) is 35.3 Å². The Labute approximate surface area is 130 Å². The molecule has 0 radical (unpaired) electrons. The van der Waals surface area contributed by atoms with E-state index < -0.39 is 0 Å². The molecular formula is C16H24N2O2S. The number of hydrogen-bond acceptors (Lipinski definition) is 3. The molecule has 1 aliphatic rings. The highest BCUT2D eigenvalue weighted by Gasteiger charge is 2.22. The zero-order valence-electron chi connectivity index (χ0n) is 12.9. The molecular weight excluding hydrogens is 284 g/mol. The largest absolute Gasteiger partial charge is 0.355 e. The number of hydrogen-bond donors (Lipinski definition) is 1. The quantitative estimate of drug-likeness (QED) is 0.908. The number of carbonyl (C=O) groups excluding carboxylic acids is 2. The van der Waals surface area contributed by atoms with Crippen LogP contribution < -0.4 is 5.32 Å². The normalized spacial score (nSPS) is 18.6. The molecule has 0 aliphatic carbocycles. The minimum Gasteiger partial charge on any atom is -0.355 e. The first-order valence-corrected chi connectivity index (χ1v) is 8.49. The van der Waals surface area contributed by atoms with Crippen LogP contribution in [-0.2, 0) is 16.0 Å². The highest BCUT2D eigenvalue weighted by molar-refractivity contribution is 7.12. The lowest BCUT2D eigenvalue weighted by atomic mass is 10.0. The van der Waals surface area contributed by atoms with E-state index >= 15 is 0 Å². The standard InChI is InChI=1S/C16H24N2O2S/c1-12-5-3-4-10-18(12)16(20)8-9-17-15(19)11-14-7-6-13(2)21-14/h6-7,12H,3-5,8-11H2,1-2H3,(H,17,19)/t12-/m1/s1. The van der Waals surface area contributed by atoms with Crippen molar-refractivity contribution in [1.82, 2.24) is 10.2 Å². The maximum Gasteiger partial charge on any atom is 0.225 e. The Balaban J connectivity index is 1.68. The molecule has 1 aromatic rings. The summed E-state index contributed by atoms with van der Waals surface area (Å²) in [7, 11) is 0. The van der Waals surface area contributed by atoms with Crippen LogP contribution in [0.5, 0.6) is 0 Å². The van der Waals surface area contributed by atoms with Crippen molar-refractivity contribution in [3.63, 3.8) is 0 Å². The van der Waals surface area contributed by atoms with Crippen molar-refractivity contribution in [3.05, 3.63) is 21.9 Å². The first-order valence-electron chi connectivity index (χ1n) is 7.68. The molecule has 2 rings (SSSR count). The third-order valence-corrected chi connectivity index (χ3v) is 4.92. The predicted octanol–water partition coefficient (Wildman–Crippen LogP) is 2.51. The maximum absolute atomic E-state index is 12.1. The molecule has 5 heteroatoms. The van der Waals surface area contributed by atoms with Gasteiger partial charge >= 0.3 is 0 Å². The van der Waals surface area contributed by atoms with Crippen LogP contribution in [-0.4, -0.2) is 35.8 Å². The smallest absolute Gasteiger partial charge is 0.225 e. The van der Waals surface area contributed by atoms with E-state index in [4.69, 9.17) is 0 Å². The van der Waals surface area contributed by atoms with E-state index in [0.717, 1.165) is 24.3 Å². The first-order chi connectivity index (χ1) is 10.1. The number of carbonyl (C=O) groups is 2. The van der Waals surface area contributed by atoms with E-state index in [2.05, 4.69) is 12.2 Å². The minimum absolute atomic E-state index is 0.00339. The van der Waals surface area contributed by atoms with E-state index in [-0.39, 0.29) is 11.8 Å². The molecule has 1 saturated heterocycles. The Bertz CT molecular complexity index is 498. The summed E-state index contributed by atoms with van der Waals surface area (Å²) in [5.74, 6) is 0.158. The third-order valence-electron chi connectivity index (χ3n) is 3.92. The highest BCUT2D eigenvalue weighted by atomic mass is 32.1. The van der Waals surface area contributed by atoms with Gasteiger partial charge < -0.3 is 10.2 Å². The molecule has 0 aromatic carbocycles. The number of nitrogens with zero attached hydrogens (tertiary/aromatic N) is 1. The van der Waals surface area contributed by atoms with Gasteiger partial charge in [-0.15, -0.1) is 11.3 Å². The summed E-state index contributed by atoms with van der Waals surface area (Å²) in [5.41, 5.74) is 0. The van der Waals surface area contributed by atoms with Crippen molar-refractivity contribution in [2.24, 2.45) is 0 Å². The summed E-state index contributed by atoms with van der Waals surface area (Å²) in [5, 5.41) is 2.85. The van der Waals surface area contributed by atoms with Gasteiger partial charge in [-0.2, -0.15) is 0 Å². The SMILES string of the molecule is Cc1ccc(CC(=O)NCCC(=O)N2CCCC[C@H]2C)s1. The van der Waals surface area contributed by atoms with E-state index in [1.54, 1.807) is 11.3 Å². The number of likely N-dealkylation sites (tertiary alicyclic amines) is 1. The molecule has 0 bridgehead atoms. The fourth-order valence-corrected chi connectivity index (χ4v) is 3.61. The summed E-state index contributed by atoms with van der Waals surface area (Å²) in [6.45, 7) is 5.44. The predicted molar refractivity (Wildman–Crippen MR) is 85.4 cm³/mol. The Morgan fingerprint density at radius 1 is 1.38 bits per heavy atom. The highest BCUT2D eigenvalue weighted by Crippen LogP contribution is 2.17. The number of rotatable bonds is 5. The van der Waals surface area contributed by atoms with Gasteiger partial charge in [-0.05, 0) is 45.2 Å². The van der Waals surface area contributed by atoms with E-state index in [1.165, 1.54) is 11.3 Å². The molecule has 1 N–H and O–H groups in total. The molecule has 4 nitrogen and oxygen atoms in total. The number of nitrogens with one attached hydrogen (secondary N) is 1. The fraction of sp³-hybridized carbons (Fsp3) is 0.625. The Hall–Kier alpha value is -1.36. The number of aryl methyl sites for hydroxylation is 1. The van der Waals surface area contributed by atoms with E-state index in [9.17, 15) is 9.59 Å². The maximum atomic E-state index is 12.1. The van der Waals surface area contributed by atoms with Gasteiger partial charge in [0.2, 0.25) is 11.8 Å². The van der Waals surface area contributed by atoms with Crippen LogP contribution in [0.25, 0.3) is 0 Å². The van der Waals surface area contributed by atoms with Crippen molar-refractivity contribution in [3.8, 4) is 0 Å². The van der Waals surface area contributed by atoms with Gasteiger partial charge in [-0.3, -0.25) is 9.59 Å². The minimum atomic E-state index is -0.00339. The third kappa shape index (κ3) is 4.84. The van der Waals surface area contributed by atoms with Gasteiger partial charge in [-0.1, -0.05) is 0 Å². The van der Waals surface area contributed by atoms with Crippen LogP contribution in [0.1, 0.15) is 42.4 Å². The van der Waals surface area contributed by atoms with Gasteiger partial charge in [0.05, 0.1) is 6.42 Å². The molecule has 1 aromatic heterocycles. The average molecular weight is 308 g/mol. The van der Waals surface area contributed by atoms with Crippen LogP contribution in [0.2, 0.25) is 0 Å². The molecule has 2 heterocycles. The second-order valence-electron chi connectivity index (χ2n) is 5.72. The van der Waals surface area contributed by atoms with Crippen molar-refractivity contribution in [2.45, 2.75) is 52.0 Å². The average Bonchev–Trinajstić information content (AvgIpc) is 2.84. The van der Waals surface area contributed by atoms with Crippen molar-refractivity contribution in [2.75, 3.05) is 13.1 Å². The monoisotopic (exact) mass is 308 g/mol. The topological polar surface area (TPSA) is 49.4 Å². The second-order valence-corrected chi connectivity index (χ2v) is 7.09. The van der Waals surface area contributed by atoms with Gasteiger partial charge in [0.15, 0.2) is 0 Å². The van der Waals surface area contributed by atoms with Gasteiger partial charge in [-0.25, -0.2) is 0 Å². The van der Waals surface area contributed by atoms with Crippen LogP contribution in [0.4, 0.5) is 0 Å². The number of thiophene rings is 1. The van der Waals surface area contributed by atoms with Crippen LogP contribution in [0, 0.1) is 6.92 Å². The molecule has 0 unspecified atom stereocenters. The Kier molecular flexibility index (Phi) is 5.79.